The molecule has 4 heterocycles. The number of hydrogen-bond acceptors (Lipinski definition) is 16. The number of nitrogens with zero attached hydrogens (tertiary/aromatic N) is 7. The number of rotatable bonds is 25. The lowest BCUT2D eigenvalue weighted by Gasteiger charge is -2.35. The van der Waals surface area contributed by atoms with Gasteiger partial charge in [0.05, 0.1) is 72.9 Å². The fraction of sp³-hybridized carbons (Fsp3) is 0.443. The van der Waals surface area contributed by atoms with Crippen molar-refractivity contribution in [1.29, 1.82) is 0 Å². The Morgan fingerprint density at radius 1 is 0.917 bits per heavy atom. The number of carbonyl (C=O) groups excluding carboxylic acids is 5. The SMILES string of the molecule is C=CC(=O)N1CCN(c2nc(NCCC(=O)N(C)CCOCCOCCOCCC(=O)N[C@H](C(=O)N3C[C@H](O)C[C@H]3C(=O)N[C@@H](C)c3ccc(-c4scnc4C)cc3)C(C)(C)C)nc3c(F)c(-c4cc(O)cc5ccccc45)c(Cl)cc23)CC1. The second-order valence-electron chi connectivity index (χ2n) is 22.0. The van der Waals surface area contributed by atoms with Crippen LogP contribution >= 0.6 is 22.9 Å². The van der Waals surface area contributed by atoms with Gasteiger partial charge in [-0.2, -0.15) is 4.98 Å². The lowest BCUT2D eigenvalue weighted by Crippen LogP contribution is -2.58. The Morgan fingerprint density at radius 3 is 2.29 bits per heavy atom. The number of amides is 5. The average molecular weight is 1190 g/mol. The molecule has 20 nitrogen and oxygen atoms in total. The second kappa shape index (κ2) is 28.5. The molecule has 0 unspecified atom stereocenters. The van der Waals surface area contributed by atoms with Gasteiger partial charge in [-0.25, -0.2) is 14.4 Å². The molecule has 2 fully saturated rings. The molecule has 0 saturated carbocycles. The third-order valence-corrected chi connectivity index (χ3v) is 16.2. The first-order valence-corrected chi connectivity index (χ1v) is 29.4. The van der Waals surface area contributed by atoms with Gasteiger partial charge < -0.3 is 60.0 Å². The first-order valence-electron chi connectivity index (χ1n) is 28.1. The highest BCUT2D eigenvalue weighted by molar-refractivity contribution is 7.13. The number of ether oxygens (including phenoxy) is 3. The van der Waals surface area contributed by atoms with E-state index in [2.05, 4.69) is 32.5 Å². The fourth-order valence-electron chi connectivity index (χ4n) is 10.3. The molecule has 2 aliphatic rings. The van der Waals surface area contributed by atoms with Crippen molar-refractivity contribution in [2.45, 2.75) is 78.1 Å². The molecule has 4 aromatic carbocycles. The van der Waals surface area contributed by atoms with Gasteiger partial charge in [-0.3, -0.25) is 24.0 Å². The van der Waals surface area contributed by atoms with E-state index in [4.69, 9.17) is 30.8 Å². The van der Waals surface area contributed by atoms with Gasteiger partial charge in [0.25, 0.3) is 0 Å². The van der Waals surface area contributed by atoms with Crippen LogP contribution in [0.5, 0.6) is 5.75 Å². The minimum atomic E-state index is -0.975. The molecule has 2 saturated heterocycles. The number of aromatic hydroxyl groups is 1. The van der Waals surface area contributed by atoms with Crippen LogP contribution in [0.25, 0.3) is 43.2 Å². The van der Waals surface area contributed by atoms with Crippen LogP contribution in [0.3, 0.4) is 0 Å². The lowest BCUT2D eigenvalue weighted by atomic mass is 9.85. The number of fused-ring (bicyclic) bond motifs is 2. The predicted molar refractivity (Wildman–Crippen MR) is 322 cm³/mol. The van der Waals surface area contributed by atoms with Gasteiger partial charge in [-0.15, -0.1) is 11.3 Å². The molecule has 23 heteroatoms. The van der Waals surface area contributed by atoms with Crippen LogP contribution in [-0.4, -0.2) is 180 Å². The quantitative estimate of drug-likeness (QED) is 0.0279. The number of aliphatic hydroxyl groups is 1. The van der Waals surface area contributed by atoms with Gasteiger partial charge in [-0.05, 0) is 71.0 Å². The number of halogens is 2. The number of hydrogen-bond donors (Lipinski definition) is 5. The molecule has 84 heavy (non-hydrogen) atoms. The Morgan fingerprint density at radius 2 is 1.61 bits per heavy atom. The van der Waals surface area contributed by atoms with Crippen molar-refractivity contribution >= 4 is 85.9 Å². The monoisotopic (exact) mass is 1190 g/mol. The Bertz CT molecular complexity index is 3340. The minimum absolute atomic E-state index is 0.00968. The standard InChI is InChI=1S/C61H74ClFN10O10S/c1-8-50(77)71-20-22-72(23-21-71)57-46-34-47(62)52(45-32-42(74)31-41-11-9-10-12-44(41)45)53(63)54(46)68-60(69-57)64-19-17-51(78)70(7)24-26-82-28-30-83-29-27-81-25-18-49(76)67-56(61(4,5)6)59(80)73-35-43(75)33-48(73)58(79)66-37(2)39-13-15-40(16-14-39)55-38(3)65-36-84-55/h8-16,31-32,34,36-37,43,48,56,74-75H,1,17-30,33,35H2,2-7H3,(H,66,79)(H,67,76)(H,64,68,69)/t37-,43+,48-,56+/m0/s1. The van der Waals surface area contributed by atoms with E-state index < -0.39 is 41.2 Å². The summed E-state index contributed by atoms with van der Waals surface area (Å²) in [6.45, 7) is 16.2. The number of aliphatic hydroxyl groups excluding tert-OH is 1. The van der Waals surface area contributed by atoms with Crippen LogP contribution in [0.15, 0.2) is 84.9 Å². The Labute approximate surface area is 497 Å². The van der Waals surface area contributed by atoms with Crippen LogP contribution < -0.4 is 20.9 Å². The number of piperazine rings is 1. The lowest BCUT2D eigenvalue weighted by molar-refractivity contribution is -0.144. The number of carbonyl (C=O) groups is 5. The molecule has 448 valence electrons. The first kappa shape index (κ1) is 62.7. The smallest absolute Gasteiger partial charge is 0.246 e. The molecular weight excluding hydrogens is 1120 g/mol. The van der Waals surface area contributed by atoms with Crippen LogP contribution in [0.2, 0.25) is 5.02 Å². The number of nitrogens with one attached hydrogen (secondary N) is 3. The van der Waals surface area contributed by atoms with Crippen LogP contribution in [0, 0.1) is 18.2 Å². The summed E-state index contributed by atoms with van der Waals surface area (Å²) >= 11 is 8.45. The molecule has 4 atom stereocenters. The molecule has 5 amide bonds. The molecular formula is C61H74ClFN10O10S. The number of β-amino-alcohol motifs (C(OH)–C–C–N with tert-alkyl or cyclic N) is 1. The third-order valence-electron chi connectivity index (χ3n) is 14.9. The van der Waals surface area contributed by atoms with E-state index in [1.54, 1.807) is 40.9 Å². The molecule has 2 aliphatic heterocycles. The number of phenolic OH excluding ortho intramolecular Hbond substituents is 1. The van der Waals surface area contributed by atoms with Gasteiger partial charge in [0, 0.05) is 83.1 Å². The zero-order valence-corrected chi connectivity index (χ0v) is 49.9. The molecule has 0 spiro atoms. The van der Waals surface area contributed by atoms with E-state index in [0.717, 1.165) is 21.7 Å². The van der Waals surface area contributed by atoms with E-state index in [-0.39, 0.29) is 124 Å². The van der Waals surface area contributed by atoms with E-state index >= 15 is 4.39 Å². The second-order valence-corrected chi connectivity index (χ2v) is 23.3. The van der Waals surface area contributed by atoms with Gasteiger partial charge in [0.15, 0.2) is 5.82 Å². The Balaban J connectivity index is 0.740. The number of aromatic nitrogens is 3. The van der Waals surface area contributed by atoms with E-state index in [0.29, 0.717) is 60.3 Å². The van der Waals surface area contributed by atoms with E-state index in [1.807, 2.05) is 88.0 Å². The largest absolute Gasteiger partial charge is 0.508 e. The summed E-state index contributed by atoms with van der Waals surface area (Å²) in [5.41, 5.74) is 4.40. The summed E-state index contributed by atoms with van der Waals surface area (Å²) in [7, 11) is 1.66. The number of likely N-dealkylation sites (tertiary alicyclic amines) is 1. The first-order chi connectivity index (χ1) is 40.2. The van der Waals surface area contributed by atoms with Gasteiger partial charge in [0.1, 0.15) is 29.2 Å². The highest BCUT2D eigenvalue weighted by Crippen LogP contribution is 2.42. The summed E-state index contributed by atoms with van der Waals surface area (Å²) < 4.78 is 34.0. The molecule has 0 radical (unpaired) electrons. The maximum Gasteiger partial charge on any atom is 0.246 e. The number of thiazole rings is 1. The summed E-state index contributed by atoms with van der Waals surface area (Å²) in [6.07, 6.45) is 0.485. The fourth-order valence-corrected chi connectivity index (χ4v) is 11.4. The van der Waals surface area contributed by atoms with Crippen molar-refractivity contribution in [3.8, 4) is 27.3 Å². The van der Waals surface area contributed by atoms with Crippen LogP contribution in [0.4, 0.5) is 16.2 Å². The molecule has 0 bridgehead atoms. The maximum atomic E-state index is 17.0. The number of benzene rings is 4. The predicted octanol–water partition coefficient (Wildman–Crippen LogP) is 7.29. The third kappa shape index (κ3) is 15.5. The van der Waals surface area contributed by atoms with E-state index in [9.17, 15) is 34.2 Å². The normalized spacial score (nSPS) is 16.2. The van der Waals surface area contributed by atoms with Gasteiger partial charge in [-0.1, -0.05) is 87.5 Å². The summed E-state index contributed by atoms with van der Waals surface area (Å²) in [6, 6.07) is 17.6. The number of phenols is 1. The highest BCUT2D eigenvalue weighted by atomic mass is 35.5. The average Bonchev–Trinajstić information content (AvgIpc) is 1.19. The minimum Gasteiger partial charge on any atom is -0.508 e. The molecule has 8 rings (SSSR count). The van der Waals surface area contributed by atoms with Crippen LogP contribution in [-0.2, 0) is 38.2 Å². The van der Waals surface area contributed by atoms with Gasteiger partial charge in [0.2, 0.25) is 35.5 Å². The highest BCUT2D eigenvalue weighted by Gasteiger charge is 2.45. The van der Waals surface area contributed by atoms with E-state index in [1.165, 1.54) is 21.9 Å². The van der Waals surface area contributed by atoms with Crippen molar-refractivity contribution in [2.75, 3.05) is 103 Å². The Hall–Kier alpha value is -7.34. The summed E-state index contributed by atoms with van der Waals surface area (Å²) in [5, 5.41) is 32.1. The molecule has 0 aliphatic carbocycles. The van der Waals surface area contributed by atoms with Crippen molar-refractivity contribution in [3.05, 3.63) is 107 Å². The summed E-state index contributed by atoms with van der Waals surface area (Å²) in [5.74, 6) is -1.87. The zero-order valence-electron chi connectivity index (χ0n) is 48.3. The maximum absolute atomic E-state index is 17.0. The number of anilines is 2. The van der Waals surface area contributed by atoms with Crippen molar-refractivity contribution < 1.29 is 52.8 Å². The van der Waals surface area contributed by atoms with Crippen LogP contribution in [0.1, 0.15) is 64.3 Å². The Kier molecular flexibility index (Phi) is 21.3. The van der Waals surface area contributed by atoms with Crippen molar-refractivity contribution in [1.82, 2.24) is 40.3 Å². The van der Waals surface area contributed by atoms with Crippen molar-refractivity contribution in [2.24, 2.45) is 5.41 Å². The molecule has 2 aromatic heterocycles. The zero-order chi connectivity index (χ0) is 60.2. The van der Waals surface area contributed by atoms with Gasteiger partial charge >= 0.3 is 0 Å². The number of likely N-dealkylation sites (N-methyl/N-ethyl adjacent to an activating group) is 1. The van der Waals surface area contributed by atoms with Crippen molar-refractivity contribution in [3.63, 3.8) is 0 Å². The molecule has 5 N–H and O–H groups in total. The number of aryl methyl sites for hydroxylation is 1. The summed E-state index contributed by atoms with van der Waals surface area (Å²) in [4.78, 5) is 87.9. The topological polar surface area (TPSA) is 241 Å². The molecule has 6 aromatic rings.